The van der Waals surface area contributed by atoms with E-state index in [2.05, 4.69) is 17.4 Å². The average molecular weight is 313 g/mol. The van der Waals surface area contributed by atoms with E-state index in [0.29, 0.717) is 26.2 Å². The van der Waals surface area contributed by atoms with Gasteiger partial charge in [-0.05, 0) is 29.6 Å². The van der Waals surface area contributed by atoms with Gasteiger partial charge < -0.3 is 0 Å². The van der Waals surface area contributed by atoms with Crippen LogP contribution in [-0.2, 0) is 0 Å². The lowest BCUT2D eigenvalue weighted by Gasteiger charge is -2.12. The Hall–Kier alpha value is -1.49. The van der Waals surface area contributed by atoms with Crippen molar-refractivity contribution in [3.05, 3.63) is 62.8 Å². The molecule has 2 aromatic rings. The molecule has 2 rings (SSSR count). The molecule has 0 atom stereocenters. The van der Waals surface area contributed by atoms with Crippen molar-refractivity contribution < 1.29 is 4.79 Å². The van der Waals surface area contributed by atoms with Crippen LogP contribution in [0.2, 0.25) is 10.0 Å². The van der Waals surface area contributed by atoms with Crippen LogP contribution in [0.1, 0.15) is 15.2 Å². The number of benzene rings is 1. The maximum absolute atomic E-state index is 11.7. The van der Waals surface area contributed by atoms with Crippen LogP contribution in [-0.4, -0.2) is 5.91 Å². The van der Waals surface area contributed by atoms with E-state index >= 15 is 0 Å². The molecule has 0 unspecified atom stereocenters. The van der Waals surface area contributed by atoms with Gasteiger partial charge in [-0.2, -0.15) is 0 Å². The molecule has 0 spiro atoms. The number of rotatable bonds is 4. The number of amides is 1. The highest BCUT2D eigenvalue weighted by molar-refractivity contribution is 7.12. The molecule has 0 fully saturated rings. The first kappa shape index (κ1) is 13.9. The molecule has 1 amide bonds. The number of nitrogens with one attached hydrogen (secondary N) is 2. The highest BCUT2D eigenvalue weighted by Crippen LogP contribution is 2.24. The molecular formula is C13H10Cl2N2OS. The summed E-state index contributed by atoms with van der Waals surface area (Å²) >= 11 is 13.2. The van der Waals surface area contributed by atoms with Crippen molar-refractivity contribution in [2.75, 3.05) is 0 Å². The molecule has 1 heterocycles. The summed E-state index contributed by atoms with van der Waals surface area (Å²) in [7, 11) is 0. The monoisotopic (exact) mass is 312 g/mol. The molecule has 98 valence electrons. The number of carbonyl (C=O) groups is 1. The number of carbonyl (C=O) groups excluding carboxylic acids is 1. The third-order valence-electron chi connectivity index (χ3n) is 2.33. The van der Waals surface area contributed by atoms with Gasteiger partial charge >= 0.3 is 0 Å². The molecule has 19 heavy (non-hydrogen) atoms. The maximum atomic E-state index is 11.7. The Kier molecular flexibility index (Phi) is 4.47. The Morgan fingerprint density at radius 1 is 1.21 bits per heavy atom. The van der Waals surface area contributed by atoms with Crippen molar-refractivity contribution >= 4 is 46.1 Å². The van der Waals surface area contributed by atoms with Crippen LogP contribution in [0.3, 0.4) is 0 Å². The van der Waals surface area contributed by atoms with Crippen molar-refractivity contribution in [3.8, 4) is 0 Å². The van der Waals surface area contributed by atoms with E-state index in [9.17, 15) is 4.79 Å². The molecule has 0 aliphatic rings. The van der Waals surface area contributed by atoms with E-state index < -0.39 is 0 Å². The smallest absolute Gasteiger partial charge is 0.279 e. The van der Waals surface area contributed by atoms with Gasteiger partial charge in [-0.1, -0.05) is 35.8 Å². The molecule has 1 aromatic heterocycles. The zero-order chi connectivity index (χ0) is 13.8. The van der Waals surface area contributed by atoms with Gasteiger partial charge in [0.2, 0.25) is 0 Å². The van der Waals surface area contributed by atoms with Gasteiger partial charge in [0.15, 0.2) is 0 Å². The predicted molar refractivity (Wildman–Crippen MR) is 80.4 cm³/mol. The SMILES string of the molecule is C=C(NNC(=O)c1cccs1)c1ccc(Cl)cc1Cl. The number of hydrogen-bond donors (Lipinski definition) is 2. The van der Waals surface area contributed by atoms with Crippen LogP contribution in [0, 0.1) is 0 Å². The molecule has 6 heteroatoms. The summed E-state index contributed by atoms with van der Waals surface area (Å²) in [5.74, 6) is -0.221. The highest BCUT2D eigenvalue weighted by Gasteiger charge is 2.08. The number of hydrogen-bond acceptors (Lipinski definition) is 3. The van der Waals surface area contributed by atoms with Gasteiger partial charge in [0.05, 0.1) is 15.6 Å². The van der Waals surface area contributed by atoms with Crippen LogP contribution in [0.5, 0.6) is 0 Å². The van der Waals surface area contributed by atoms with E-state index in [4.69, 9.17) is 23.2 Å². The fourth-order valence-electron chi connectivity index (χ4n) is 1.40. The van der Waals surface area contributed by atoms with Gasteiger partial charge in [-0.15, -0.1) is 11.3 Å². The Bertz CT molecular complexity index is 611. The molecule has 0 radical (unpaired) electrons. The van der Waals surface area contributed by atoms with Crippen LogP contribution in [0.25, 0.3) is 5.70 Å². The van der Waals surface area contributed by atoms with Crippen molar-refractivity contribution in [1.82, 2.24) is 10.9 Å². The van der Waals surface area contributed by atoms with Gasteiger partial charge in [0.25, 0.3) is 5.91 Å². The van der Waals surface area contributed by atoms with Gasteiger partial charge in [-0.3, -0.25) is 15.6 Å². The van der Waals surface area contributed by atoms with E-state index in [-0.39, 0.29) is 5.91 Å². The van der Waals surface area contributed by atoms with Crippen LogP contribution < -0.4 is 10.9 Å². The summed E-state index contributed by atoms with van der Waals surface area (Å²) in [6.07, 6.45) is 0. The van der Waals surface area contributed by atoms with E-state index in [1.807, 2.05) is 11.4 Å². The highest BCUT2D eigenvalue weighted by atomic mass is 35.5. The number of thiophene rings is 1. The first-order valence-corrected chi connectivity index (χ1v) is 6.95. The summed E-state index contributed by atoms with van der Waals surface area (Å²) in [6, 6.07) is 8.60. The van der Waals surface area contributed by atoms with Crippen LogP contribution in [0.15, 0.2) is 42.3 Å². The lowest BCUT2D eigenvalue weighted by atomic mass is 10.2. The zero-order valence-corrected chi connectivity index (χ0v) is 12.1. The van der Waals surface area contributed by atoms with Crippen LogP contribution >= 0.6 is 34.5 Å². The molecule has 0 aliphatic carbocycles. The number of halogens is 2. The van der Waals surface area contributed by atoms with E-state index in [1.165, 1.54) is 11.3 Å². The maximum Gasteiger partial charge on any atom is 0.279 e. The molecular weight excluding hydrogens is 303 g/mol. The minimum Gasteiger partial charge on any atom is -0.298 e. The minimum atomic E-state index is -0.221. The minimum absolute atomic E-state index is 0.221. The van der Waals surface area contributed by atoms with Gasteiger partial charge in [0.1, 0.15) is 0 Å². The third-order valence-corrected chi connectivity index (χ3v) is 3.74. The van der Waals surface area contributed by atoms with Crippen molar-refractivity contribution in [1.29, 1.82) is 0 Å². The lowest BCUT2D eigenvalue weighted by Crippen LogP contribution is -2.35. The quantitative estimate of drug-likeness (QED) is 0.839. The normalized spacial score (nSPS) is 10.0. The second-order valence-electron chi connectivity index (χ2n) is 3.66. The first-order chi connectivity index (χ1) is 9.08. The Morgan fingerprint density at radius 2 is 2.00 bits per heavy atom. The predicted octanol–water partition coefficient (Wildman–Crippen LogP) is 3.96. The topological polar surface area (TPSA) is 41.1 Å². The molecule has 0 aliphatic heterocycles. The fourth-order valence-corrected chi connectivity index (χ4v) is 2.54. The summed E-state index contributed by atoms with van der Waals surface area (Å²) in [4.78, 5) is 12.3. The fraction of sp³-hybridized carbons (Fsp3) is 0. The number of hydrazine groups is 1. The summed E-state index contributed by atoms with van der Waals surface area (Å²) in [5.41, 5.74) is 6.46. The van der Waals surface area contributed by atoms with Gasteiger partial charge in [-0.25, -0.2) is 0 Å². The molecule has 0 saturated heterocycles. The Morgan fingerprint density at radius 3 is 2.63 bits per heavy atom. The average Bonchev–Trinajstić information content (AvgIpc) is 2.89. The van der Waals surface area contributed by atoms with Crippen molar-refractivity contribution in [2.45, 2.75) is 0 Å². The van der Waals surface area contributed by atoms with E-state index in [1.54, 1.807) is 24.3 Å². The zero-order valence-electron chi connectivity index (χ0n) is 9.74. The van der Waals surface area contributed by atoms with E-state index in [0.717, 1.165) is 0 Å². The van der Waals surface area contributed by atoms with Crippen LogP contribution in [0.4, 0.5) is 0 Å². The second kappa shape index (κ2) is 6.10. The lowest BCUT2D eigenvalue weighted by molar-refractivity contribution is 0.0946. The summed E-state index contributed by atoms with van der Waals surface area (Å²) in [6.45, 7) is 3.82. The molecule has 0 bridgehead atoms. The Labute approximate surface area is 124 Å². The molecule has 0 saturated carbocycles. The standard InChI is InChI=1S/C13H10Cl2N2OS/c1-8(10-5-4-9(14)7-11(10)15)16-17-13(18)12-3-2-6-19-12/h2-7,16H,1H2,(H,17,18). The largest absolute Gasteiger partial charge is 0.298 e. The third kappa shape index (κ3) is 3.50. The molecule has 3 nitrogen and oxygen atoms in total. The Balaban J connectivity index is 2.00. The van der Waals surface area contributed by atoms with Crippen molar-refractivity contribution in [3.63, 3.8) is 0 Å². The molecule has 1 aromatic carbocycles. The first-order valence-electron chi connectivity index (χ1n) is 5.32. The summed E-state index contributed by atoms with van der Waals surface area (Å²) in [5, 5.41) is 2.85. The molecule has 2 N–H and O–H groups in total. The summed E-state index contributed by atoms with van der Waals surface area (Å²) < 4.78 is 0. The van der Waals surface area contributed by atoms with Crippen molar-refractivity contribution in [2.24, 2.45) is 0 Å². The second-order valence-corrected chi connectivity index (χ2v) is 5.45. The van der Waals surface area contributed by atoms with Gasteiger partial charge in [0, 0.05) is 10.6 Å².